The molecule has 1 unspecified atom stereocenters. The number of hydrogen-bond donors (Lipinski definition) is 1. The number of ether oxygens (including phenoxy) is 1. The van der Waals surface area contributed by atoms with Gasteiger partial charge in [0, 0.05) is 6.61 Å². The monoisotopic (exact) mass is 253 g/mol. The van der Waals surface area contributed by atoms with Gasteiger partial charge < -0.3 is 10.1 Å². The van der Waals surface area contributed by atoms with E-state index in [0.29, 0.717) is 6.04 Å². The van der Waals surface area contributed by atoms with Crippen LogP contribution >= 0.6 is 0 Å². The van der Waals surface area contributed by atoms with Crippen molar-refractivity contribution >= 4 is 0 Å². The summed E-state index contributed by atoms with van der Waals surface area (Å²) in [5, 5.41) is 3.63. The first kappa shape index (κ1) is 15.7. The number of hydrogen-bond acceptors (Lipinski definition) is 2. The second-order valence-corrected chi connectivity index (χ2v) is 5.76. The van der Waals surface area contributed by atoms with Gasteiger partial charge in [-0.3, -0.25) is 0 Å². The van der Waals surface area contributed by atoms with Crippen LogP contribution in [0, 0.1) is 0 Å². The van der Waals surface area contributed by atoms with Crippen LogP contribution in [0.15, 0.2) is 11.6 Å². The zero-order chi connectivity index (χ0) is 13.4. The zero-order valence-corrected chi connectivity index (χ0v) is 12.7. The van der Waals surface area contributed by atoms with Crippen LogP contribution in [0.4, 0.5) is 0 Å². The highest BCUT2D eigenvalue weighted by atomic mass is 16.5. The Morgan fingerprint density at radius 1 is 1.22 bits per heavy atom. The van der Waals surface area contributed by atoms with Gasteiger partial charge in [0.05, 0.1) is 11.6 Å². The molecule has 0 spiro atoms. The maximum atomic E-state index is 5.97. The van der Waals surface area contributed by atoms with Crippen molar-refractivity contribution in [2.24, 2.45) is 0 Å². The summed E-state index contributed by atoms with van der Waals surface area (Å²) in [5.41, 5.74) is 1.45. The molecule has 0 aromatic rings. The summed E-state index contributed by atoms with van der Waals surface area (Å²) in [5.74, 6) is 0. The van der Waals surface area contributed by atoms with Crippen molar-refractivity contribution in [2.75, 3.05) is 13.2 Å². The van der Waals surface area contributed by atoms with Crippen LogP contribution < -0.4 is 5.32 Å². The molecule has 1 N–H and O–H groups in total. The summed E-state index contributed by atoms with van der Waals surface area (Å²) in [7, 11) is 0. The molecule has 106 valence electrons. The van der Waals surface area contributed by atoms with E-state index in [2.05, 4.69) is 39.1 Å². The second-order valence-electron chi connectivity index (χ2n) is 5.76. The Bertz CT molecular complexity index is 258. The van der Waals surface area contributed by atoms with E-state index in [1.807, 2.05) is 0 Å². The lowest BCUT2D eigenvalue weighted by Crippen LogP contribution is -2.50. The van der Waals surface area contributed by atoms with Gasteiger partial charge in [0.1, 0.15) is 0 Å². The Morgan fingerprint density at radius 3 is 2.61 bits per heavy atom. The first-order valence-electron chi connectivity index (χ1n) is 7.68. The van der Waals surface area contributed by atoms with E-state index in [1.165, 1.54) is 38.5 Å². The van der Waals surface area contributed by atoms with Crippen molar-refractivity contribution in [3.63, 3.8) is 0 Å². The van der Waals surface area contributed by atoms with Gasteiger partial charge in [0.2, 0.25) is 0 Å². The van der Waals surface area contributed by atoms with Gasteiger partial charge in [-0.2, -0.15) is 0 Å². The summed E-state index contributed by atoms with van der Waals surface area (Å²) in [6, 6.07) is 0.362. The SMILES string of the molecule is CCNC(C1=CCCCCCC1)C(C)(C)OCC. The third-order valence-electron chi connectivity index (χ3n) is 3.82. The van der Waals surface area contributed by atoms with Crippen molar-refractivity contribution in [3.8, 4) is 0 Å². The fourth-order valence-electron chi connectivity index (χ4n) is 2.96. The predicted octanol–water partition coefficient (Wildman–Crippen LogP) is 4.06. The molecule has 0 radical (unpaired) electrons. The molecule has 0 aromatic carbocycles. The summed E-state index contributed by atoms with van der Waals surface area (Å²) in [6.07, 6.45) is 10.4. The lowest BCUT2D eigenvalue weighted by atomic mass is 9.86. The Labute approximate surface area is 113 Å². The molecule has 0 fully saturated rings. The minimum absolute atomic E-state index is 0.115. The highest BCUT2D eigenvalue weighted by molar-refractivity contribution is 5.17. The van der Waals surface area contributed by atoms with Crippen LogP contribution in [0.1, 0.15) is 66.2 Å². The maximum Gasteiger partial charge on any atom is 0.0816 e. The summed E-state index contributed by atoms with van der Waals surface area (Å²) >= 11 is 0. The molecule has 0 bridgehead atoms. The van der Waals surface area contributed by atoms with Gasteiger partial charge in [-0.1, -0.05) is 31.4 Å². The minimum Gasteiger partial charge on any atom is -0.374 e. The Morgan fingerprint density at radius 2 is 1.94 bits per heavy atom. The molecular weight excluding hydrogens is 222 g/mol. The lowest BCUT2D eigenvalue weighted by molar-refractivity contribution is -0.0298. The molecule has 18 heavy (non-hydrogen) atoms. The van der Waals surface area contributed by atoms with E-state index < -0.39 is 0 Å². The third kappa shape index (κ3) is 4.74. The van der Waals surface area contributed by atoms with Gasteiger partial charge in [-0.05, 0) is 53.0 Å². The van der Waals surface area contributed by atoms with E-state index in [0.717, 1.165) is 13.2 Å². The van der Waals surface area contributed by atoms with Crippen LogP contribution in [-0.4, -0.2) is 24.8 Å². The molecule has 0 aromatic heterocycles. The first-order valence-corrected chi connectivity index (χ1v) is 7.68. The van der Waals surface area contributed by atoms with Crippen molar-refractivity contribution in [2.45, 2.75) is 77.9 Å². The molecule has 1 aliphatic carbocycles. The van der Waals surface area contributed by atoms with E-state index in [9.17, 15) is 0 Å². The van der Waals surface area contributed by atoms with Crippen molar-refractivity contribution < 1.29 is 4.74 Å². The fraction of sp³-hybridized carbons (Fsp3) is 0.875. The Hall–Kier alpha value is -0.340. The van der Waals surface area contributed by atoms with E-state index >= 15 is 0 Å². The van der Waals surface area contributed by atoms with Crippen molar-refractivity contribution in [3.05, 3.63) is 11.6 Å². The molecule has 0 amide bonds. The van der Waals surface area contributed by atoms with E-state index in [-0.39, 0.29) is 5.60 Å². The normalized spacial score (nSPS) is 19.9. The average Bonchev–Trinajstić information content (AvgIpc) is 2.26. The number of rotatable bonds is 6. The summed E-state index contributed by atoms with van der Waals surface area (Å²) in [6.45, 7) is 10.5. The third-order valence-corrected chi connectivity index (χ3v) is 3.82. The summed E-state index contributed by atoms with van der Waals surface area (Å²) < 4.78 is 5.97. The van der Waals surface area contributed by atoms with Crippen LogP contribution in [0.25, 0.3) is 0 Å². The molecule has 1 atom stereocenters. The van der Waals surface area contributed by atoms with Gasteiger partial charge in [-0.25, -0.2) is 0 Å². The van der Waals surface area contributed by atoms with Gasteiger partial charge in [-0.15, -0.1) is 0 Å². The van der Waals surface area contributed by atoms with Crippen LogP contribution in [0.5, 0.6) is 0 Å². The molecule has 1 aliphatic rings. The smallest absolute Gasteiger partial charge is 0.0816 e. The maximum absolute atomic E-state index is 5.97. The van der Waals surface area contributed by atoms with Gasteiger partial charge in [0.25, 0.3) is 0 Å². The van der Waals surface area contributed by atoms with Gasteiger partial charge >= 0.3 is 0 Å². The van der Waals surface area contributed by atoms with Crippen molar-refractivity contribution in [1.82, 2.24) is 5.32 Å². The molecule has 2 nitrogen and oxygen atoms in total. The van der Waals surface area contributed by atoms with Crippen LogP contribution in [-0.2, 0) is 4.74 Å². The largest absolute Gasteiger partial charge is 0.374 e. The molecule has 0 aliphatic heterocycles. The predicted molar refractivity (Wildman–Crippen MR) is 79.0 cm³/mol. The highest BCUT2D eigenvalue weighted by Gasteiger charge is 2.31. The number of likely N-dealkylation sites (N-methyl/N-ethyl adjacent to an activating group) is 1. The summed E-state index contributed by atoms with van der Waals surface area (Å²) in [4.78, 5) is 0. The zero-order valence-electron chi connectivity index (χ0n) is 12.7. The molecule has 0 saturated carbocycles. The first-order chi connectivity index (χ1) is 8.61. The van der Waals surface area contributed by atoms with E-state index in [1.54, 1.807) is 5.57 Å². The lowest BCUT2D eigenvalue weighted by Gasteiger charge is -2.37. The van der Waals surface area contributed by atoms with Crippen LogP contribution in [0.3, 0.4) is 0 Å². The number of nitrogens with one attached hydrogen (secondary N) is 1. The number of allylic oxidation sites excluding steroid dienone is 1. The average molecular weight is 253 g/mol. The molecule has 1 rings (SSSR count). The van der Waals surface area contributed by atoms with E-state index in [4.69, 9.17) is 4.74 Å². The van der Waals surface area contributed by atoms with Crippen molar-refractivity contribution in [1.29, 1.82) is 0 Å². The molecular formula is C16H31NO. The fourth-order valence-corrected chi connectivity index (χ4v) is 2.96. The topological polar surface area (TPSA) is 21.3 Å². The van der Waals surface area contributed by atoms with Crippen LogP contribution in [0.2, 0.25) is 0 Å². The highest BCUT2D eigenvalue weighted by Crippen LogP contribution is 2.27. The van der Waals surface area contributed by atoms with Gasteiger partial charge in [0.15, 0.2) is 0 Å². The quantitative estimate of drug-likeness (QED) is 0.721. The molecule has 0 saturated heterocycles. The Kier molecular flexibility index (Phi) is 6.95. The molecule has 0 heterocycles. The standard InChI is InChI=1S/C16H31NO/c1-5-17-15(16(3,4)18-6-2)14-12-10-8-7-9-11-13-14/h12,15,17H,5-11,13H2,1-4H3. The second kappa shape index (κ2) is 7.96. The minimum atomic E-state index is -0.115. The Balaban J connectivity index is 2.80. The molecule has 2 heteroatoms.